The van der Waals surface area contributed by atoms with Crippen molar-refractivity contribution >= 4 is 34.3 Å². The summed E-state index contributed by atoms with van der Waals surface area (Å²) in [7, 11) is 0. The molecule has 0 heterocycles. The van der Waals surface area contributed by atoms with Gasteiger partial charge in [-0.2, -0.15) is 0 Å². The van der Waals surface area contributed by atoms with E-state index >= 15 is 0 Å². The third kappa shape index (κ3) is 7.31. The molecule has 0 saturated carbocycles. The minimum absolute atomic E-state index is 0.253. The number of hydrogen-bond acceptors (Lipinski definition) is 3. The zero-order valence-electron chi connectivity index (χ0n) is 11.8. The van der Waals surface area contributed by atoms with Gasteiger partial charge in [-0.15, -0.1) is 0 Å². The van der Waals surface area contributed by atoms with Crippen LogP contribution in [0.25, 0.3) is 0 Å². The Morgan fingerprint density at radius 1 is 1.44 bits per heavy atom. The Morgan fingerprint density at radius 3 is 2.61 bits per heavy atom. The van der Waals surface area contributed by atoms with Crippen molar-refractivity contribution in [1.29, 1.82) is 5.26 Å². The number of allylic oxidation sites excluding steroid dienone is 4. The maximum absolute atomic E-state index is 9.30. The van der Waals surface area contributed by atoms with Crippen LogP contribution in [0.1, 0.15) is 33.6 Å². The summed E-state index contributed by atoms with van der Waals surface area (Å²) in [4.78, 5) is 0. The Bertz CT molecular complexity index is 357. The molecule has 0 aliphatic heterocycles. The molecule has 0 rings (SSSR count). The number of rotatable bonds is 7. The predicted octanol–water partition coefficient (Wildman–Crippen LogP) is 5.39. The van der Waals surface area contributed by atoms with Gasteiger partial charge in [0.05, 0.1) is 0 Å². The van der Waals surface area contributed by atoms with E-state index in [1.807, 2.05) is 6.08 Å². The van der Waals surface area contributed by atoms with E-state index in [-0.39, 0.29) is 5.92 Å². The molecular formula is C14H24NPS2. The molecule has 0 aliphatic rings. The third-order valence-corrected chi connectivity index (χ3v) is 9.46. The fraction of sp³-hybridized carbons (Fsp3) is 0.571. The summed E-state index contributed by atoms with van der Waals surface area (Å²) in [5.74, 6) is 2.77. The first kappa shape index (κ1) is 17.8. The van der Waals surface area contributed by atoms with Gasteiger partial charge >= 0.3 is 122 Å². The van der Waals surface area contributed by atoms with E-state index < -0.39 is 6.46 Å². The molecule has 0 amide bonds. The molecule has 102 valence electrons. The van der Waals surface area contributed by atoms with Crippen molar-refractivity contribution in [3.05, 3.63) is 24.3 Å². The van der Waals surface area contributed by atoms with E-state index in [4.69, 9.17) is 12.2 Å². The molecule has 0 saturated heterocycles. The minimum atomic E-state index is -1.87. The molecule has 1 unspecified atom stereocenters. The number of nitriles is 1. The summed E-state index contributed by atoms with van der Waals surface area (Å²) < 4.78 is 0.959. The molecule has 0 N–H and O–H groups in total. The van der Waals surface area contributed by atoms with Gasteiger partial charge in [0.1, 0.15) is 0 Å². The standard InChI is InChI=1S/C14H24NPS2/c1-5-7-8-9-10-13(3)14(17)18-16(4,12-15)11-6-2/h7-10,13,16H,5-6,11H2,1-4H3/b8-7-,10-9-. The van der Waals surface area contributed by atoms with Crippen LogP contribution in [0.4, 0.5) is 0 Å². The molecule has 0 aliphatic carbocycles. The Labute approximate surface area is 122 Å². The van der Waals surface area contributed by atoms with Crippen LogP contribution in [0.5, 0.6) is 0 Å². The molecule has 0 aromatic rings. The second-order valence-electron chi connectivity index (χ2n) is 4.52. The van der Waals surface area contributed by atoms with Gasteiger partial charge in [0, 0.05) is 0 Å². The quantitative estimate of drug-likeness (QED) is 0.358. The summed E-state index contributed by atoms with van der Waals surface area (Å²) in [6.07, 6.45) is 11.5. The third-order valence-electron chi connectivity index (χ3n) is 2.54. The van der Waals surface area contributed by atoms with Crippen molar-refractivity contribution in [1.82, 2.24) is 0 Å². The van der Waals surface area contributed by atoms with Crippen molar-refractivity contribution in [3.8, 4) is 5.81 Å². The summed E-state index contributed by atoms with van der Waals surface area (Å²) in [6.45, 7) is 6.58. The second kappa shape index (κ2) is 9.73. The Hall–Kier alpha value is -0.160. The molecule has 18 heavy (non-hydrogen) atoms. The predicted molar refractivity (Wildman–Crippen MR) is 92.9 cm³/mol. The Morgan fingerprint density at radius 2 is 2.11 bits per heavy atom. The van der Waals surface area contributed by atoms with Crippen LogP contribution in [-0.2, 0) is 0 Å². The normalized spacial score (nSPS) is 14.8. The number of hydrogen-bond donors (Lipinski definition) is 0. The van der Waals surface area contributed by atoms with Crippen LogP contribution in [0.2, 0.25) is 0 Å². The summed E-state index contributed by atoms with van der Waals surface area (Å²) >= 11 is 7.13. The van der Waals surface area contributed by atoms with Crippen molar-refractivity contribution in [2.45, 2.75) is 33.6 Å². The van der Waals surface area contributed by atoms with Crippen LogP contribution in [0, 0.1) is 17.0 Å². The van der Waals surface area contributed by atoms with Crippen molar-refractivity contribution < 1.29 is 0 Å². The molecule has 0 aromatic carbocycles. The van der Waals surface area contributed by atoms with E-state index in [2.05, 4.69) is 51.5 Å². The first-order valence-corrected chi connectivity index (χ1v) is 11.1. The van der Waals surface area contributed by atoms with Gasteiger partial charge in [0.2, 0.25) is 0 Å². The molecule has 1 nitrogen and oxygen atoms in total. The van der Waals surface area contributed by atoms with E-state index in [1.165, 1.54) is 0 Å². The molecule has 0 fully saturated rings. The zero-order valence-corrected chi connectivity index (χ0v) is 14.4. The van der Waals surface area contributed by atoms with Gasteiger partial charge in [-0.3, -0.25) is 0 Å². The van der Waals surface area contributed by atoms with Crippen LogP contribution < -0.4 is 0 Å². The average molecular weight is 301 g/mol. The van der Waals surface area contributed by atoms with Gasteiger partial charge in [-0.25, -0.2) is 0 Å². The molecule has 0 bridgehead atoms. The van der Waals surface area contributed by atoms with Crippen LogP contribution in [-0.4, -0.2) is 17.0 Å². The van der Waals surface area contributed by atoms with Crippen molar-refractivity contribution in [2.24, 2.45) is 5.92 Å². The second-order valence-corrected chi connectivity index (χ2v) is 12.4. The Kier molecular flexibility index (Phi) is 9.64. The van der Waals surface area contributed by atoms with Gasteiger partial charge in [0.15, 0.2) is 0 Å². The fourth-order valence-electron chi connectivity index (χ4n) is 1.45. The van der Waals surface area contributed by atoms with Gasteiger partial charge in [0.25, 0.3) is 0 Å². The van der Waals surface area contributed by atoms with Gasteiger partial charge in [-0.05, 0) is 0 Å². The topological polar surface area (TPSA) is 23.8 Å². The van der Waals surface area contributed by atoms with E-state index in [9.17, 15) is 5.26 Å². The van der Waals surface area contributed by atoms with Gasteiger partial charge < -0.3 is 0 Å². The SMILES string of the molecule is CC/C=C\C=C/C(C)C(=S)S[PH](C)(C#N)CCC. The molecule has 0 spiro atoms. The summed E-state index contributed by atoms with van der Waals surface area (Å²) in [5, 5.41) is 9.30. The summed E-state index contributed by atoms with van der Waals surface area (Å²) in [5.41, 5.74) is 0. The van der Waals surface area contributed by atoms with Crippen LogP contribution in [0.3, 0.4) is 0 Å². The van der Waals surface area contributed by atoms with E-state index in [0.29, 0.717) is 0 Å². The maximum atomic E-state index is 9.30. The molecule has 4 heteroatoms. The Balaban J connectivity index is 4.44. The van der Waals surface area contributed by atoms with Crippen LogP contribution in [0.15, 0.2) is 24.3 Å². The monoisotopic (exact) mass is 301 g/mol. The van der Waals surface area contributed by atoms with Crippen molar-refractivity contribution in [3.63, 3.8) is 0 Å². The number of thiocarbonyl (C=S) groups is 1. The first-order chi connectivity index (χ1) is 8.49. The fourth-order valence-corrected chi connectivity index (χ4v) is 8.05. The molecule has 1 atom stereocenters. The molecular weight excluding hydrogens is 277 g/mol. The first-order valence-electron chi connectivity index (χ1n) is 6.46. The van der Waals surface area contributed by atoms with Gasteiger partial charge in [-0.1, -0.05) is 0 Å². The number of nitrogens with zero attached hydrogens (tertiary/aromatic N) is 1. The zero-order chi connectivity index (χ0) is 14.0. The van der Waals surface area contributed by atoms with Crippen LogP contribution >= 0.6 is 30.1 Å². The average Bonchev–Trinajstić information content (AvgIpc) is 2.34. The molecule has 0 radical (unpaired) electrons. The van der Waals surface area contributed by atoms with E-state index in [1.54, 1.807) is 11.4 Å². The molecule has 0 aromatic heterocycles. The summed E-state index contributed by atoms with van der Waals surface area (Å²) in [6, 6.07) is 0. The van der Waals surface area contributed by atoms with E-state index in [0.717, 1.165) is 23.2 Å². The van der Waals surface area contributed by atoms with Crippen molar-refractivity contribution in [2.75, 3.05) is 12.8 Å².